The molecule has 0 saturated heterocycles. The van der Waals surface area contributed by atoms with Crippen LogP contribution >= 0.6 is 0 Å². The Bertz CT molecular complexity index is 572. The molecule has 0 bridgehead atoms. The van der Waals surface area contributed by atoms with Gasteiger partial charge in [-0.3, -0.25) is 14.8 Å². The number of nitriles is 1. The van der Waals surface area contributed by atoms with E-state index in [0.717, 1.165) is 0 Å². The Balaban J connectivity index is 3.55. The molecular weight excluding hydrogens is 252 g/mol. The normalized spacial score (nSPS) is 13.4. The Morgan fingerprint density at radius 3 is 2.68 bits per heavy atom. The van der Waals surface area contributed by atoms with Gasteiger partial charge < -0.3 is 4.74 Å². The average molecular weight is 266 g/mol. The van der Waals surface area contributed by atoms with Crippen LogP contribution in [0.15, 0.2) is 0 Å². The van der Waals surface area contributed by atoms with Crippen LogP contribution in [0.1, 0.15) is 25.2 Å². The zero-order chi connectivity index (χ0) is 14.8. The van der Waals surface area contributed by atoms with Gasteiger partial charge in [-0.1, -0.05) is 0 Å². The van der Waals surface area contributed by atoms with Crippen molar-refractivity contribution in [2.75, 3.05) is 6.61 Å². The summed E-state index contributed by atoms with van der Waals surface area (Å²) < 4.78 is 6.00. The maximum Gasteiger partial charge on any atom is 0.332 e. The second-order valence-electron chi connectivity index (χ2n) is 4.12. The predicted octanol–water partition coefficient (Wildman–Crippen LogP) is 0.981. The molecule has 8 heteroatoms. The maximum atomic E-state index is 11.9. The van der Waals surface area contributed by atoms with Gasteiger partial charge in [-0.25, -0.2) is 4.79 Å². The number of esters is 1. The highest BCUT2D eigenvalue weighted by molar-refractivity contribution is 5.87. The highest BCUT2D eigenvalue weighted by Gasteiger charge is 2.46. The molecule has 0 amide bonds. The first-order valence-electron chi connectivity index (χ1n) is 5.56. The topological polar surface area (TPSA) is 111 Å². The summed E-state index contributed by atoms with van der Waals surface area (Å²) in [7, 11) is 1.45. The molecule has 0 aliphatic rings. The number of aromatic nitrogens is 2. The number of rotatable bonds is 4. The highest BCUT2D eigenvalue weighted by Crippen LogP contribution is 2.34. The van der Waals surface area contributed by atoms with Crippen molar-refractivity contribution in [3.05, 3.63) is 21.5 Å². The van der Waals surface area contributed by atoms with Gasteiger partial charge in [0.1, 0.15) is 11.4 Å². The third kappa shape index (κ3) is 2.27. The summed E-state index contributed by atoms with van der Waals surface area (Å²) in [5, 5.41) is 24.3. The van der Waals surface area contributed by atoms with Gasteiger partial charge in [-0.15, -0.1) is 0 Å². The fraction of sp³-hybridized carbons (Fsp3) is 0.545. The van der Waals surface area contributed by atoms with Crippen LogP contribution in [0.2, 0.25) is 0 Å². The number of aryl methyl sites for hydroxylation is 2. The van der Waals surface area contributed by atoms with Crippen molar-refractivity contribution >= 4 is 11.7 Å². The van der Waals surface area contributed by atoms with Crippen LogP contribution in [0.3, 0.4) is 0 Å². The van der Waals surface area contributed by atoms with E-state index in [-0.39, 0.29) is 23.7 Å². The first-order chi connectivity index (χ1) is 8.79. The molecule has 1 rings (SSSR count). The molecule has 0 aliphatic heterocycles. The Labute approximate surface area is 109 Å². The van der Waals surface area contributed by atoms with Crippen molar-refractivity contribution in [2.45, 2.75) is 26.2 Å². The van der Waals surface area contributed by atoms with E-state index in [1.54, 1.807) is 13.0 Å². The van der Waals surface area contributed by atoms with E-state index in [1.165, 1.54) is 25.6 Å². The molecule has 1 aromatic heterocycles. The van der Waals surface area contributed by atoms with Gasteiger partial charge in [0, 0.05) is 7.05 Å². The lowest BCUT2D eigenvalue weighted by atomic mass is 9.87. The van der Waals surface area contributed by atoms with Crippen LogP contribution in [0.25, 0.3) is 0 Å². The van der Waals surface area contributed by atoms with Crippen molar-refractivity contribution in [1.82, 2.24) is 9.78 Å². The number of hydrogen-bond acceptors (Lipinski definition) is 6. The average Bonchev–Trinajstić information content (AvgIpc) is 2.64. The number of nitro groups is 1. The molecule has 0 fully saturated rings. The molecular formula is C11H14N4O4. The first-order valence-corrected chi connectivity index (χ1v) is 5.56. The smallest absolute Gasteiger partial charge is 0.332 e. The van der Waals surface area contributed by atoms with Gasteiger partial charge in [0.25, 0.3) is 0 Å². The molecule has 8 nitrogen and oxygen atoms in total. The number of carbonyl (C=O) groups excluding carboxylic acids is 1. The fourth-order valence-electron chi connectivity index (χ4n) is 1.90. The van der Waals surface area contributed by atoms with Gasteiger partial charge in [0.2, 0.25) is 0 Å². The third-order valence-electron chi connectivity index (χ3n) is 2.75. The highest BCUT2D eigenvalue weighted by atomic mass is 16.6. The van der Waals surface area contributed by atoms with E-state index in [4.69, 9.17) is 4.74 Å². The summed E-state index contributed by atoms with van der Waals surface area (Å²) in [5.74, 6) is -0.830. The van der Waals surface area contributed by atoms with Crippen LogP contribution in [0.4, 0.5) is 5.69 Å². The van der Waals surface area contributed by atoms with Crippen molar-refractivity contribution in [1.29, 1.82) is 5.26 Å². The van der Waals surface area contributed by atoms with Crippen molar-refractivity contribution in [3.63, 3.8) is 0 Å². The summed E-state index contributed by atoms with van der Waals surface area (Å²) in [6.07, 6.45) is 0. The van der Waals surface area contributed by atoms with Gasteiger partial charge in [0.15, 0.2) is 5.41 Å². The fourth-order valence-corrected chi connectivity index (χ4v) is 1.90. The quantitative estimate of drug-likeness (QED) is 0.456. The second-order valence-corrected chi connectivity index (χ2v) is 4.12. The molecule has 0 saturated carbocycles. The van der Waals surface area contributed by atoms with E-state index in [1.807, 2.05) is 0 Å². The largest absolute Gasteiger partial charge is 0.465 e. The summed E-state index contributed by atoms with van der Waals surface area (Å²) in [4.78, 5) is 22.4. The molecule has 0 aliphatic carbocycles. The van der Waals surface area contributed by atoms with E-state index in [9.17, 15) is 20.2 Å². The zero-order valence-electron chi connectivity index (χ0n) is 11.1. The van der Waals surface area contributed by atoms with Crippen LogP contribution in [-0.2, 0) is 22.0 Å². The van der Waals surface area contributed by atoms with Gasteiger partial charge >= 0.3 is 11.7 Å². The maximum absolute atomic E-state index is 11.9. The second kappa shape index (κ2) is 5.06. The lowest BCUT2D eigenvalue weighted by molar-refractivity contribution is -0.386. The number of carbonyl (C=O) groups is 1. The minimum absolute atomic E-state index is 0.0732. The van der Waals surface area contributed by atoms with Crippen LogP contribution in [-0.4, -0.2) is 27.3 Å². The standard InChI is InChI=1S/C11H14N4O4/c1-5-19-10(16)11(3,6-12)9-8(15(17)18)7(2)13-14(9)4/h5H2,1-4H3. The van der Waals surface area contributed by atoms with Gasteiger partial charge in [0.05, 0.1) is 17.6 Å². The number of nitrogens with zero attached hydrogens (tertiary/aromatic N) is 4. The van der Waals surface area contributed by atoms with Crippen molar-refractivity contribution < 1.29 is 14.5 Å². The molecule has 0 N–H and O–H groups in total. The summed E-state index contributed by atoms with van der Waals surface area (Å²) in [6.45, 7) is 4.42. The van der Waals surface area contributed by atoms with Crippen molar-refractivity contribution in [2.24, 2.45) is 7.05 Å². The molecule has 0 spiro atoms. The predicted molar refractivity (Wildman–Crippen MR) is 64.2 cm³/mol. The molecule has 1 heterocycles. The molecule has 1 unspecified atom stereocenters. The minimum Gasteiger partial charge on any atom is -0.465 e. The van der Waals surface area contributed by atoms with Gasteiger partial charge in [-0.05, 0) is 20.8 Å². The lowest BCUT2D eigenvalue weighted by Crippen LogP contribution is -2.35. The Hall–Kier alpha value is -2.43. The van der Waals surface area contributed by atoms with E-state index >= 15 is 0 Å². The molecule has 1 aromatic rings. The third-order valence-corrected chi connectivity index (χ3v) is 2.75. The first kappa shape index (κ1) is 14.6. The molecule has 19 heavy (non-hydrogen) atoms. The molecule has 0 aromatic carbocycles. The monoisotopic (exact) mass is 266 g/mol. The van der Waals surface area contributed by atoms with Crippen molar-refractivity contribution in [3.8, 4) is 6.07 Å². The SMILES string of the molecule is CCOC(=O)C(C)(C#N)c1c([N+](=O)[O-])c(C)nn1C. The van der Waals surface area contributed by atoms with Crippen LogP contribution in [0.5, 0.6) is 0 Å². The molecule has 1 atom stereocenters. The van der Waals surface area contributed by atoms with Crippen LogP contribution < -0.4 is 0 Å². The Kier molecular flexibility index (Phi) is 3.89. The number of ether oxygens (including phenoxy) is 1. The molecule has 102 valence electrons. The number of hydrogen-bond donors (Lipinski definition) is 0. The Morgan fingerprint density at radius 2 is 2.26 bits per heavy atom. The lowest BCUT2D eigenvalue weighted by Gasteiger charge is -2.18. The Morgan fingerprint density at radius 1 is 1.68 bits per heavy atom. The summed E-state index contributed by atoms with van der Waals surface area (Å²) in [6, 6.07) is 1.79. The zero-order valence-corrected chi connectivity index (χ0v) is 11.1. The van der Waals surface area contributed by atoms with Crippen LogP contribution in [0, 0.1) is 28.4 Å². The van der Waals surface area contributed by atoms with Gasteiger partial charge in [-0.2, -0.15) is 10.4 Å². The molecule has 0 radical (unpaired) electrons. The summed E-state index contributed by atoms with van der Waals surface area (Å²) in [5.41, 5.74) is -2.03. The van der Waals surface area contributed by atoms with E-state index < -0.39 is 16.3 Å². The van der Waals surface area contributed by atoms with E-state index in [2.05, 4.69) is 5.10 Å². The summed E-state index contributed by atoms with van der Waals surface area (Å²) >= 11 is 0. The minimum atomic E-state index is -1.77. The van der Waals surface area contributed by atoms with E-state index in [0.29, 0.717) is 0 Å².